The lowest BCUT2D eigenvalue weighted by molar-refractivity contribution is 0.446. The molecule has 0 bridgehead atoms. The molecule has 0 amide bonds. The van der Waals surface area contributed by atoms with Crippen LogP contribution in [0.2, 0.25) is 0 Å². The zero-order valence-electron chi connectivity index (χ0n) is 14.7. The number of aromatic hydroxyl groups is 2. The van der Waals surface area contributed by atoms with Gasteiger partial charge in [0.2, 0.25) is 0 Å². The normalized spacial score (nSPS) is 11.3. The number of aromatic amines is 1. The molecule has 138 valence electrons. The second-order valence-corrected chi connectivity index (χ2v) is 6.21. The van der Waals surface area contributed by atoms with Crippen LogP contribution in [-0.2, 0) is 6.54 Å². The second-order valence-electron chi connectivity index (χ2n) is 6.21. The van der Waals surface area contributed by atoms with Crippen LogP contribution in [0.25, 0.3) is 22.0 Å². The number of hydrogen-bond acceptors (Lipinski definition) is 6. The van der Waals surface area contributed by atoms with Gasteiger partial charge in [0.1, 0.15) is 11.5 Å². The highest BCUT2D eigenvalue weighted by Crippen LogP contribution is 2.27. The Bertz CT molecular complexity index is 1230. The monoisotopic (exact) mass is 372 g/mol. The molecule has 4 aromatic rings. The maximum Gasteiger partial charge on any atom is 0.272 e. The third-order valence-electron chi connectivity index (χ3n) is 4.33. The Kier molecular flexibility index (Phi) is 4.55. The van der Waals surface area contributed by atoms with Crippen LogP contribution in [0.1, 0.15) is 5.56 Å². The third-order valence-corrected chi connectivity index (χ3v) is 4.33. The van der Waals surface area contributed by atoms with E-state index in [1.54, 1.807) is 24.3 Å². The smallest absolute Gasteiger partial charge is 0.272 e. The highest BCUT2D eigenvalue weighted by molar-refractivity contribution is 5.93. The number of nitrogens with zero attached hydrogens (tertiary/aromatic N) is 3. The molecule has 4 rings (SSSR count). The molecule has 0 atom stereocenters. The molecule has 0 fully saturated rings. The molecule has 28 heavy (non-hydrogen) atoms. The van der Waals surface area contributed by atoms with Gasteiger partial charge in [-0.25, -0.2) is 5.10 Å². The first-order valence-electron chi connectivity index (χ1n) is 8.58. The van der Waals surface area contributed by atoms with Crippen molar-refractivity contribution in [2.24, 2.45) is 10.2 Å². The number of benzene rings is 3. The van der Waals surface area contributed by atoms with Gasteiger partial charge in [0.05, 0.1) is 23.3 Å². The van der Waals surface area contributed by atoms with Crippen molar-refractivity contribution < 1.29 is 10.2 Å². The number of phenols is 2. The predicted octanol–water partition coefficient (Wildman–Crippen LogP) is 4.29. The van der Waals surface area contributed by atoms with Crippen molar-refractivity contribution in [3.05, 3.63) is 82.6 Å². The summed E-state index contributed by atoms with van der Waals surface area (Å²) in [6, 6.07) is 19.0. The van der Waals surface area contributed by atoms with Crippen LogP contribution < -0.4 is 5.56 Å². The van der Waals surface area contributed by atoms with Crippen LogP contribution in [0, 0.1) is 0 Å². The summed E-state index contributed by atoms with van der Waals surface area (Å²) in [5.41, 5.74) is 2.54. The minimum atomic E-state index is -0.220. The van der Waals surface area contributed by atoms with Crippen molar-refractivity contribution in [3.8, 4) is 22.8 Å². The van der Waals surface area contributed by atoms with Crippen molar-refractivity contribution in [3.63, 3.8) is 0 Å². The Morgan fingerprint density at radius 3 is 2.43 bits per heavy atom. The number of nitrogens with one attached hydrogen (secondary N) is 1. The minimum absolute atomic E-state index is 0.00262. The number of hydrogen-bond donors (Lipinski definition) is 3. The summed E-state index contributed by atoms with van der Waals surface area (Å²) in [6.07, 6.45) is 0. The quantitative estimate of drug-likeness (QED) is 0.464. The summed E-state index contributed by atoms with van der Waals surface area (Å²) in [5, 5.41) is 35.4. The number of rotatable bonds is 4. The van der Waals surface area contributed by atoms with Gasteiger partial charge >= 0.3 is 0 Å². The molecular weight excluding hydrogens is 356 g/mol. The summed E-state index contributed by atoms with van der Waals surface area (Å²) < 4.78 is 0. The number of azo groups is 1. The molecule has 0 saturated heterocycles. The van der Waals surface area contributed by atoms with Gasteiger partial charge in [0.25, 0.3) is 5.56 Å². The molecule has 1 aromatic heterocycles. The molecule has 7 nitrogen and oxygen atoms in total. The average molecular weight is 372 g/mol. The van der Waals surface area contributed by atoms with E-state index in [-0.39, 0.29) is 23.6 Å². The summed E-state index contributed by atoms with van der Waals surface area (Å²) in [4.78, 5) is 11.9. The molecule has 0 aliphatic rings. The maximum atomic E-state index is 11.9. The largest absolute Gasteiger partial charge is 0.508 e. The lowest BCUT2D eigenvalue weighted by Crippen LogP contribution is -2.09. The van der Waals surface area contributed by atoms with E-state index in [1.807, 2.05) is 30.3 Å². The summed E-state index contributed by atoms with van der Waals surface area (Å²) in [6.45, 7) is 0.194. The standard InChI is InChI=1S/C21H16N4O3/c26-16-10-7-14(19(27)11-16)12-22-23-15-8-5-13(6-9-15)20-17-3-1-2-4-18(17)21(28)25-24-20/h1-11,26-27H,12H2,(H,25,28). The predicted molar refractivity (Wildman–Crippen MR) is 106 cm³/mol. The molecule has 0 unspecified atom stereocenters. The fourth-order valence-electron chi connectivity index (χ4n) is 2.90. The highest BCUT2D eigenvalue weighted by Gasteiger charge is 2.08. The van der Waals surface area contributed by atoms with Crippen molar-refractivity contribution in [2.45, 2.75) is 6.54 Å². The van der Waals surface area contributed by atoms with E-state index in [1.165, 1.54) is 12.1 Å². The Morgan fingerprint density at radius 2 is 1.68 bits per heavy atom. The van der Waals surface area contributed by atoms with Gasteiger partial charge in [-0.05, 0) is 30.3 Å². The van der Waals surface area contributed by atoms with Crippen molar-refractivity contribution in [1.29, 1.82) is 0 Å². The van der Waals surface area contributed by atoms with Gasteiger partial charge in [-0.2, -0.15) is 15.3 Å². The molecule has 7 heteroatoms. The first-order valence-corrected chi connectivity index (χ1v) is 8.58. The van der Waals surface area contributed by atoms with Gasteiger partial charge in [0.15, 0.2) is 0 Å². The number of H-pyrrole nitrogens is 1. The molecule has 3 aromatic carbocycles. The number of fused-ring (bicyclic) bond motifs is 1. The van der Waals surface area contributed by atoms with Crippen LogP contribution >= 0.6 is 0 Å². The molecule has 0 spiro atoms. The van der Waals surface area contributed by atoms with E-state index in [2.05, 4.69) is 20.4 Å². The molecule has 0 radical (unpaired) electrons. The Balaban J connectivity index is 1.56. The molecular formula is C21H16N4O3. The van der Waals surface area contributed by atoms with Gasteiger partial charge in [0, 0.05) is 22.6 Å². The summed E-state index contributed by atoms with van der Waals surface area (Å²) >= 11 is 0. The minimum Gasteiger partial charge on any atom is -0.508 e. The van der Waals surface area contributed by atoms with Crippen molar-refractivity contribution >= 4 is 16.5 Å². The van der Waals surface area contributed by atoms with E-state index < -0.39 is 0 Å². The first-order chi connectivity index (χ1) is 13.6. The SMILES string of the molecule is O=c1[nH]nc(-c2ccc(N=NCc3ccc(O)cc3O)cc2)c2ccccc12. The van der Waals surface area contributed by atoms with E-state index >= 15 is 0 Å². The van der Waals surface area contributed by atoms with Crippen LogP contribution in [0.15, 0.2) is 81.8 Å². The zero-order chi connectivity index (χ0) is 19.5. The van der Waals surface area contributed by atoms with E-state index in [9.17, 15) is 15.0 Å². The topological polar surface area (TPSA) is 111 Å². The van der Waals surface area contributed by atoms with Gasteiger partial charge < -0.3 is 10.2 Å². The second kappa shape index (κ2) is 7.32. The van der Waals surface area contributed by atoms with Gasteiger partial charge in [-0.15, -0.1) is 0 Å². The molecule has 3 N–H and O–H groups in total. The Labute approximate surface area is 159 Å². The first kappa shape index (κ1) is 17.4. The molecule has 0 aliphatic heterocycles. The summed E-state index contributed by atoms with van der Waals surface area (Å²) in [5.74, 6) is -0.0255. The van der Waals surface area contributed by atoms with Crippen LogP contribution in [0.5, 0.6) is 11.5 Å². The van der Waals surface area contributed by atoms with Gasteiger partial charge in [-0.1, -0.05) is 30.3 Å². The average Bonchev–Trinajstić information content (AvgIpc) is 2.71. The van der Waals surface area contributed by atoms with Gasteiger partial charge in [-0.3, -0.25) is 4.79 Å². The van der Waals surface area contributed by atoms with Crippen LogP contribution in [-0.4, -0.2) is 20.4 Å². The fourth-order valence-corrected chi connectivity index (χ4v) is 2.90. The molecule has 0 saturated carbocycles. The lowest BCUT2D eigenvalue weighted by atomic mass is 10.1. The summed E-state index contributed by atoms with van der Waals surface area (Å²) in [7, 11) is 0. The Hall–Kier alpha value is -4.00. The van der Waals surface area contributed by atoms with E-state index in [4.69, 9.17) is 0 Å². The van der Waals surface area contributed by atoms with Crippen molar-refractivity contribution in [1.82, 2.24) is 10.2 Å². The lowest BCUT2D eigenvalue weighted by Gasteiger charge is -2.05. The third kappa shape index (κ3) is 3.45. The molecule has 0 aliphatic carbocycles. The van der Waals surface area contributed by atoms with Crippen LogP contribution in [0.3, 0.4) is 0 Å². The number of phenolic OH excluding ortho intramolecular Hbond substituents is 2. The highest BCUT2D eigenvalue weighted by atomic mass is 16.3. The Morgan fingerprint density at radius 1 is 0.929 bits per heavy atom. The fraction of sp³-hybridized carbons (Fsp3) is 0.0476. The maximum absolute atomic E-state index is 11.9. The van der Waals surface area contributed by atoms with E-state index in [0.717, 1.165) is 10.9 Å². The van der Waals surface area contributed by atoms with Crippen molar-refractivity contribution in [2.75, 3.05) is 0 Å². The molecule has 1 heterocycles. The zero-order valence-corrected chi connectivity index (χ0v) is 14.7. The number of aromatic nitrogens is 2. The van der Waals surface area contributed by atoms with Crippen LogP contribution in [0.4, 0.5) is 5.69 Å². The van der Waals surface area contributed by atoms with E-state index in [0.29, 0.717) is 22.3 Å².